The van der Waals surface area contributed by atoms with Crippen LogP contribution in [0.2, 0.25) is 0 Å². The monoisotopic (exact) mass is 513 g/mol. The molecule has 0 N–H and O–H groups in total. The molecule has 0 saturated carbocycles. The van der Waals surface area contributed by atoms with Gasteiger partial charge in [0.15, 0.2) is 0 Å². The van der Waals surface area contributed by atoms with Gasteiger partial charge in [-0.05, 0) is 82.5 Å². The Morgan fingerprint density at radius 3 is 1.80 bits per heavy atom. The Morgan fingerprint density at radius 2 is 0.950 bits per heavy atom. The Kier molecular flexibility index (Phi) is 3.85. The highest BCUT2D eigenvalue weighted by molar-refractivity contribution is 6.23. The van der Waals surface area contributed by atoms with Crippen molar-refractivity contribution in [1.82, 2.24) is 0 Å². The smallest absolute Gasteiger partial charge is 0.0616 e. The average Bonchev–Trinajstić information content (AvgIpc) is 3.10. The highest BCUT2D eigenvalue weighted by atomic mass is 14.2. The second-order valence-electron chi connectivity index (χ2n) is 9.94. The van der Waals surface area contributed by atoms with Crippen molar-refractivity contribution in [2.75, 3.05) is 0 Å². The van der Waals surface area contributed by atoms with E-state index in [0.29, 0.717) is 33.0 Å². The van der Waals surface area contributed by atoms with Gasteiger partial charge in [0.2, 0.25) is 0 Å². The van der Waals surface area contributed by atoms with Gasteiger partial charge in [0, 0.05) is 0 Å². The van der Waals surface area contributed by atoms with E-state index in [0.717, 1.165) is 32.7 Å². The van der Waals surface area contributed by atoms with E-state index in [2.05, 4.69) is 6.07 Å². The Balaban J connectivity index is 1.64. The van der Waals surface area contributed by atoms with Crippen LogP contribution < -0.4 is 0 Å². The van der Waals surface area contributed by atoms with Crippen LogP contribution in [0.5, 0.6) is 0 Å². The molecule has 0 bridgehead atoms. The molecule has 0 radical (unpaired) electrons. The van der Waals surface area contributed by atoms with Gasteiger partial charge in [-0.15, -0.1) is 0 Å². The molecule has 0 atom stereocenters. The molecule has 186 valence electrons. The van der Waals surface area contributed by atoms with Gasteiger partial charge in [0.25, 0.3) is 0 Å². The second kappa shape index (κ2) is 9.22. The fourth-order valence-electron chi connectivity index (χ4n) is 5.97. The third-order valence-electron chi connectivity index (χ3n) is 7.74. The summed E-state index contributed by atoms with van der Waals surface area (Å²) in [7, 11) is 0. The maximum Gasteiger partial charge on any atom is 0.0629 e. The molecule has 8 aromatic carbocycles. The van der Waals surface area contributed by atoms with Crippen LogP contribution in [0, 0.1) is 0 Å². The van der Waals surface area contributed by atoms with E-state index in [1.54, 1.807) is 0 Å². The van der Waals surface area contributed by atoms with Crippen molar-refractivity contribution >= 4 is 43.1 Å². The lowest BCUT2D eigenvalue weighted by molar-refractivity contribution is 1.63. The molecule has 0 spiro atoms. The predicted octanol–water partition coefficient (Wildman–Crippen LogP) is 11.3. The SMILES string of the molecule is [2H]c1cc([2H])c2c(-c3ccccc3-c3cccc4ccccc34)c3c([2H])c([2H])c([2H])c([2H])c3c(-c3ccc4ccccc4c3)c2c1[2H]. The van der Waals surface area contributed by atoms with Crippen LogP contribution >= 0.6 is 0 Å². The van der Waals surface area contributed by atoms with E-state index < -0.39 is 0 Å². The van der Waals surface area contributed by atoms with Gasteiger partial charge in [0.05, 0.1) is 9.60 Å². The molecule has 0 heteroatoms. The summed E-state index contributed by atoms with van der Waals surface area (Å²) >= 11 is 0. The number of hydrogen-bond acceptors (Lipinski definition) is 0. The van der Waals surface area contributed by atoms with Crippen molar-refractivity contribution < 1.29 is 9.60 Å². The first-order valence-electron chi connectivity index (χ1n) is 16.8. The minimum atomic E-state index is -0.378. The summed E-state index contributed by atoms with van der Waals surface area (Å²) in [5.41, 5.74) is 3.98. The van der Waals surface area contributed by atoms with Gasteiger partial charge in [-0.3, -0.25) is 0 Å². The number of rotatable bonds is 3. The summed E-state index contributed by atoms with van der Waals surface area (Å²) in [5.74, 6) is 0. The number of fused-ring (bicyclic) bond motifs is 4. The first kappa shape index (κ1) is 16.7. The summed E-state index contributed by atoms with van der Waals surface area (Å²) < 4.78 is 63.3. The quantitative estimate of drug-likeness (QED) is 0.206. The van der Waals surface area contributed by atoms with E-state index in [1.807, 2.05) is 103 Å². The highest BCUT2D eigenvalue weighted by Gasteiger charge is 2.19. The second-order valence-corrected chi connectivity index (χ2v) is 9.94. The molecule has 0 unspecified atom stereocenters. The lowest BCUT2D eigenvalue weighted by Gasteiger charge is -2.20. The summed E-state index contributed by atoms with van der Waals surface area (Å²) in [6.45, 7) is 0. The summed E-state index contributed by atoms with van der Waals surface area (Å²) in [5, 5.41) is 5.24. The molecule has 0 aromatic heterocycles. The van der Waals surface area contributed by atoms with E-state index in [9.17, 15) is 5.48 Å². The first-order valence-corrected chi connectivity index (χ1v) is 13.3. The van der Waals surface area contributed by atoms with Crippen LogP contribution in [-0.4, -0.2) is 0 Å². The maximum atomic E-state index is 9.32. The number of benzene rings is 8. The predicted molar refractivity (Wildman–Crippen MR) is 173 cm³/mol. The molecule has 8 rings (SSSR count). The average molecular weight is 514 g/mol. The van der Waals surface area contributed by atoms with E-state index >= 15 is 0 Å². The molecular weight excluding hydrogens is 480 g/mol. The molecule has 0 amide bonds. The van der Waals surface area contributed by atoms with Crippen LogP contribution in [-0.2, 0) is 0 Å². The van der Waals surface area contributed by atoms with Gasteiger partial charge in [0.1, 0.15) is 0 Å². The van der Waals surface area contributed by atoms with Gasteiger partial charge in [-0.2, -0.15) is 0 Å². The van der Waals surface area contributed by atoms with Crippen molar-refractivity contribution in [1.29, 1.82) is 0 Å². The van der Waals surface area contributed by atoms with Crippen molar-refractivity contribution in [3.63, 3.8) is 0 Å². The minimum Gasteiger partial charge on any atom is -0.0616 e. The van der Waals surface area contributed by atoms with E-state index in [4.69, 9.17) is 4.11 Å². The molecule has 0 heterocycles. The Bertz CT molecular complexity index is 2600. The highest BCUT2D eigenvalue weighted by Crippen LogP contribution is 2.46. The topological polar surface area (TPSA) is 0 Å². The molecule has 0 saturated heterocycles. The molecule has 0 nitrogen and oxygen atoms in total. The van der Waals surface area contributed by atoms with E-state index in [1.165, 1.54) is 6.07 Å². The Morgan fingerprint density at radius 1 is 0.350 bits per heavy atom. The fraction of sp³-hybridized carbons (Fsp3) is 0. The Hall–Kier alpha value is -5.20. The zero-order chi connectivity index (χ0) is 32.6. The van der Waals surface area contributed by atoms with Crippen LogP contribution in [0.25, 0.3) is 76.5 Å². The molecule has 40 heavy (non-hydrogen) atoms. The standard InChI is InChI=1S/C40H26/c1-2-14-29-26-30(25-24-27(29)12-1)39-35-19-7-9-21-37(35)40(38-22-10-8-20-36(38)39)34-18-6-5-17-33(34)32-23-11-15-28-13-3-4-16-31(28)32/h1-26H/i7D,8D,9D,19D,20D,21D,22D. The van der Waals surface area contributed by atoms with Crippen LogP contribution in [0.15, 0.2) is 158 Å². The third-order valence-corrected chi connectivity index (χ3v) is 7.74. The Labute approximate surface area is 243 Å². The van der Waals surface area contributed by atoms with Crippen LogP contribution in [0.1, 0.15) is 9.60 Å². The normalized spacial score (nSPS) is 13.9. The van der Waals surface area contributed by atoms with Crippen LogP contribution in [0.4, 0.5) is 0 Å². The van der Waals surface area contributed by atoms with Crippen molar-refractivity contribution in [3.8, 4) is 33.4 Å². The maximum absolute atomic E-state index is 9.32. The first-order chi connectivity index (χ1) is 22.8. The largest absolute Gasteiger partial charge is 0.0629 e. The fourth-order valence-corrected chi connectivity index (χ4v) is 5.97. The van der Waals surface area contributed by atoms with Gasteiger partial charge in [-0.1, -0.05) is 151 Å². The van der Waals surface area contributed by atoms with Gasteiger partial charge < -0.3 is 0 Å². The summed E-state index contributed by atoms with van der Waals surface area (Å²) in [4.78, 5) is 0. The molecular formula is C40H26. The van der Waals surface area contributed by atoms with Crippen molar-refractivity contribution in [2.24, 2.45) is 0 Å². The molecule has 0 aliphatic carbocycles. The summed E-state index contributed by atoms with van der Waals surface area (Å²) in [6.07, 6.45) is 0. The summed E-state index contributed by atoms with van der Waals surface area (Å²) in [6, 6.07) is 35.5. The van der Waals surface area contributed by atoms with Crippen molar-refractivity contribution in [3.05, 3.63) is 158 Å². The van der Waals surface area contributed by atoms with Crippen LogP contribution in [0.3, 0.4) is 0 Å². The zero-order valence-electron chi connectivity index (χ0n) is 28.5. The number of hydrogen-bond donors (Lipinski definition) is 0. The molecule has 0 fully saturated rings. The van der Waals surface area contributed by atoms with E-state index in [-0.39, 0.29) is 53.1 Å². The van der Waals surface area contributed by atoms with Crippen molar-refractivity contribution in [2.45, 2.75) is 0 Å². The molecule has 0 aliphatic heterocycles. The lowest BCUT2D eigenvalue weighted by Crippen LogP contribution is -1.93. The minimum absolute atomic E-state index is 0.0140. The zero-order valence-corrected chi connectivity index (χ0v) is 21.5. The van der Waals surface area contributed by atoms with Gasteiger partial charge >= 0.3 is 0 Å². The molecule has 8 aromatic rings. The van der Waals surface area contributed by atoms with Gasteiger partial charge in [-0.25, -0.2) is 0 Å². The molecule has 0 aliphatic rings. The third kappa shape index (κ3) is 3.54. The lowest BCUT2D eigenvalue weighted by atomic mass is 9.83.